The highest BCUT2D eigenvalue weighted by atomic mass is 19.1. The van der Waals surface area contributed by atoms with E-state index in [1.54, 1.807) is 6.07 Å². The first-order valence-electron chi connectivity index (χ1n) is 18.1. The van der Waals surface area contributed by atoms with Crippen LogP contribution in [0.3, 0.4) is 0 Å². The number of carbonyl (C=O) groups excluding carboxylic acids is 5. The minimum absolute atomic E-state index is 0.0949. The number of benzene rings is 2. The largest absolute Gasteiger partial charge is 0.491 e. The zero-order valence-electron chi connectivity index (χ0n) is 30.5. The lowest BCUT2D eigenvalue weighted by Crippen LogP contribution is -2.54. The highest BCUT2D eigenvalue weighted by Crippen LogP contribution is 2.24. The van der Waals surface area contributed by atoms with E-state index in [9.17, 15) is 58.4 Å². The van der Waals surface area contributed by atoms with E-state index in [1.165, 1.54) is 24.0 Å². The van der Waals surface area contributed by atoms with Gasteiger partial charge in [0.25, 0.3) is 11.8 Å². The number of aliphatic hydroxyl groups is 1. The molecule has 9 N–H and O–H groups in total. The van der Waals surface area contributed by atoms with Crippen molar-refractivity contribution in [2.45, 2.75) is 83.2 Å². The van der Waals surface area contributed by atoms with Crippen LogP contribution < -0.4 is 32.2 Å². The highest BCUT2D eigenvalue weighted by molar-refractivity contribution is 6.61. The summed E-state index contributed by atoms with van der Waals surface area (Å²) in [4.78, 5) is 78.8. The third kappa shape index (κ3) is 11.1. The molecule has 0 bridgehead atoms. The van der Waals surface area contributed by atoms with Crippen molar-refractivity contribution in [1.29, 1.82) is 0 Å². The lowest BCUT2D eigenvalue weighted by atomic mass is 9.79. The van der Waals surface area contributed by atoms with Crippen molar-refractivity contribution < 1.29 is 63.1 Å². The van der Waals surface area contributed by atoms with E-state index in [1.807, 2.05) is 6.92 Å². The molecule has 2 aromatic carbocycles. The molecular weight excluding hydrogens is 723 g/mol. The van der Waals surface area contributed by atoms with Gasteiger partial charge in [0.15, 0.2) is 6.04 Å². The van der Waals surface area contributed by atoms with Gasteiger partial charge >= 0.3 is 20.2 Å². The average molecular weight is 769 g/mol. The molecule has 17 nitrogen and oxygen atoms in total. The molecule has 0 unspecified atom stereocenters. The van der Waals surface area contributed by atoms with Crippen LogP contribution in [-0.4, -0.2) is 124 Å². The van der Waals surface area contributed by atoms with Gasteiger partial charge < -0.3 is 56.1 Å². The van der Waals surface area contributed by atoms with E-state index < -0.39 is 91.9 Å². The number of nitrogens with one attached hydrogen (secondary N) is 4. The summed E-state index contributed by atoms with van der Waals surface area (Å²) in [5.41, 5.74) is 0.525. The third-order valence-electron chi connectivity index (χ3n) is 9.70. The van der Waals surface area contributed by atoms with Gasteiger partial charge in [0, 0.05) is 31.1 Å². The molecule has 55 heavy (non-hydrogen) atoms. The summed E-state index contributed by atoms with van der Waals surface area (Å²) in [6.45, 7) is 3.22. The molecule has 0 spiro atoms. The number of aliphatic carboxylic acids is 1. The summed E-state index contributed by atoms with van der Waals surface area (Å²) in [7, 11) is -3.19. The number of hydrogen-bond donors (Lipinski definition) is 9. The van der Waals surface area contributed by atoms with E-state index in [0.717, 1.165) is 18.2 Å². The minimum atomic E-state index is -1.99. The van der Waals surface area contributed by atoms with E-state index in [0.29, 0.717) is 56.1 Å². The molecule has 1 fully saturated rings. The van der Waals surface area contributed by atoms with E-state index in [-0.39, 0.29) is 30.1 Å². The predicted molar refractivity (Wildman–Crippen MR) is 195 cm³/mol. The summed E-state index contributed by atoms with van der Waals surface area (Å²) in [6.07, 6.45) is 1.28. The minimum Gasteiger partial charge on any atom is -0.480 e. The number of halogens is 1. The van der Waals surface area contributed by atoms with Crippen LogP contribution in [0.4, 0.5) is 4.39 Å². The van der Waals surface area contributed by atoms with Gasteiger partial charge in [-0.25, -0.2) is 9.18 Å². The monoisotopic (exact) mass is 769 g/mol. The molecule has 5 amide bonds. The number of hydrogen-bond acceptors (Lipinski definition) is 11. The maximum atomic E-state index is 14.6. The van der Waals surface area contributed by atoms with Gasteiger partial charge in [0.05, 0.1) is 18.3 Å². The van der Waals surface area contributed by atoms with Crippen molar-refractivity contribution in [3.8, 4) is 0 Å². The van der Waals surface area contributed by atoms with Crippen LogP contribution in [0.15, 0.2) is 36.4 Å². The predicted octanol–water partition coefficient (Wildman–Crippen LogP) is -2.49. The number of carboxylic acids is 1. The van der Waals surface area contributed by atoms with Crippen LogP contribution in [0.5, 0.6) is 0 Å². The van der Waals surface area contributed by atoms with Crippen molar-refractivity contribution in [3.63, 3.8) is 0 Å². The molecule has 4 rings (SSSR count). The van der Waals surface area contributed by atoms with E-state index in [4.69, 9.17) is 4.65 Å². The normalized spacial score (nSPS) is 17.0. The van der Waals surface area contributed by atoms with Crippen LogP contribution in [0.1, 0.15) is 78.7 Å². The van der Waals surface area contributed by atoms with Gasteiger partial charge in [-0.2, -0.15) is 0 Å². The molecule has 2 heterocycles. The quantitative estimate of drug-likeness (QED) is 0.0564. The number of nitrogens with zero attached hydrogens (tertiary/aromatic N) is 1. The Labute approximate surface area is 317 Å². The summed E-state index contributed by atoms with van der Waals surface area (Å²) < 4.78 is 19.8. The van der Waals surface area contributed by atoms with Gasteiger partial charge in [0.2, 0.25) is 17.7 Å². The average Bonchev–Trinajstić information content (AvgIpc) is 3.79. The van der Waals surface area contributed by atoms with Crippen molar-refractivity contribution in [2.75, 3.05) is 19.6 Å². The Hall–Kier alpha value is -4.88. The second kappa shape index (κ2) is 19.6. The molecule has 0 saturated carbocycles. The number of fused-ring (bicyclic) bond motifs is 1. The van der Waals surface area contributed by atoms with Crippen molar-refractivity contribution in [2.24, 2.45) is 5.92 Å². The van der Waals surface area contributed by atoms with Crippen molar-refractivity contribution in [3.05, 3.63) is 58.9 Å². The van der Waals surface area contributed by atoms with Gasteiger partial charge in [-0.05, 0) is 79.8 Å². The molecule has 5 atom stereocenters. The first kappa shape index (κ1) is 42.9. The van der Waals surface area contributed by atoms with Gasteiger partial charge in [0.1, 0.15) is 17.9 Å². The Morgan fingerprint density at radius 2 is 1.78 bits per heavy atom. The molecule has 2 aliphatic heterocycles. The lowest BCUT2D eigenvalue weighted by molar-refractivity contribution is -0.147. The molecule has 1 saturated heterocycles. The molecular formula is C35H46B2FN5O12. The first-order chi connectivity index (χ1) is 26.1. The molecule has 0 radical (unpaired) electrons. The molecule has 20 heteroatoms. The van der Waals surface area contributed by atoms with Crippen molar-refractivity contribution >= 4 is 60.7 Å². The molecule has 0 aliphatic carbocycles. The fourth-order valence-electron chi connectivity index (χ4n) is 6.50. The third-order valence-corrected chi connectivity index (χ3v) is 9.70. The number of aliphatic hydroxyl groups excluding tert-OH is 1. The smallest absolute Gasteiger partial charge is 0.480 e. The summed E-state index contributed by atoms with van der Waals surface area (Å²) in [5, 5.41) is 58.0. The van der Waals surface area contributed by atoms with E-state index >= 15 is 0 Å². The molecule has 2 aliphatic rings. The highest BCUT2D eigenvalue weighted by Gasteiger charge is 2.38. The molecule has 2 aromatic rings. The first-order valence-corrected chi connectivity index (χ1v) is 18.1. The van der Waals surface area contributed by atoms with Gasteiger partial charge in [-0.1, -0.05) is 25.5 Å². The Morgan fingerprint density at radius 1 is 1.04 bits per heavy atom. The number of rotatable bonds is 18. The van der Waals surface area contributed by atoms with Crippen LogP contribution in [0.25, 0.3) is 0 Å². The van der Waals surface area contributed by atoms with Crippen LogP contribution in [0, 0.1) is 11.7 Å². The van der Waals surface area contributed by atoms with Gasteiger partial charge in [-0.15, -0.1) is 0 Å². The zero-order chi connectivity index (χ0) is 40.4. The fraction of sp³-hybridized carbons (Fsp3) is 0.486. The number of amides is 5. The summed E-state index contributed by atoms with van der Waals surface area (Å²) >= 11 is 0. The number of carbonyl (C=O) groups is 6. The van der Waals surface area contributed by atoms with Gasteiger partial charge in [-0.3, -0.25) is 24.0 Å². The van der Waals surface area contributed by atoms with E-state index in [2.05, 4.69) is 21.3 Å². The topological polar surface area (TPSA) is 264 Å². The van der Waals surface area contributed by atoms with Crippen LogP contribution in [0.2, 0.25) is 0 Å². The zero-order valence-corrected chi connectivity index (χ0v) is 30.5. The SMILES string of the molecule is CC[C@@H](CCCCNC(=O)[C@H](CNC(=O)c1ccc2c(c1)B(O)OC2)NC(=O)c1cc(B(O)O)ccc1F)C(=O)N1CCC[C@H]1C(=O)N[C@H](C(=O)O)[C@@H](C)O. The number of carboxylic acid groups (broad SMARTS) is 1. The Balaban J connectivity index is 1.35. The lowest BCUT2D eigenvalue weighted by Gasteiger charge is -2.29. The van der Waals surface area contributed by atoms with Crippen LogP contribution in [-0.2, 0) is 30.4 Å². The Bertz CT molecular complexity index is 1750. The number of likely N-dealkylation sites (tertiary alicyclic amines) is 1. The second-order valence-electron chi connectivity index (χ2n) is 13.6. The van der Waals surface area contributed by atoms with Crippen LogP contribution >= 0.6 is 0 Å². The van der Waals surface area contributed by atoms with Crippen molar-refractivity contribution in [1.82, 2.24) is 26.2 Å². The Morgan fingerprint density at radius 3 is 2.45 bits per heavy atom. The maximum absolute atomic E-state index is 14.6. The second-order valence-corrected chi connectivity index (χ2v) is 13.6. The fourth-order valence-corrected chi connectivity index (χ4v) is 6.50. The number of unbranched alkanes of at least 4 members (excludes halogenated alkanes) is 1. The molecule has 0 aromatic heterocycles. The summed E-state index contributed by atoms with van der Waals surface area (Å²) in [6, 6.07) is 3.62. The Kier molecular flexibility index (Phi) is 15.3. The standard InChI is InChI=1S/C35H46B2FN5O12/c1-3-20(34(49)43-14-6-8-28(43)33(48)42-29(19(2)44)35(50)51)7-4-5-13-39-32(47)27(41-31(46)24-16-23(36(52)53)11-12-26(24)38)17-40-30(45)21-9-10-22-18-55-37(54)25(22)15-21/h9-12,15-16,19-20,27-29,44,52-54H,3-8,13-14,17-18H2,1-2H3,(H,39,47)(H,40,45)(H,41,46)(H,42,48)(H,50,51)/t19-,20+,27+,28+,29+/m1/s1. The maximum Gasteiger partial charge on any atom is 0.491 e. The summed E-state index contributed by atoms with van der Waals surface area (Å²) in [5.74, 6) is -6.19. The molecule has 296 valence electrons.